The topological polar surface area (TPSA) is 12.9 Å². The average Bonchev–Trinajstić information content (AvgIpc) is 2.42. The molecule has 0 aliphatic carbocycles. The van der Waals surface area contributed by atoms with E-state index in [1.807, 2.05) is 12.4 Å². The van der Waals surface area contributed by atoms with Crippen molar-refractivity contribution in [3.05, 3.63) is 47.8 Å². The minimum atomic E-state index is 0.360. The van der Waals surface area contributed by atoms with E-state index < -0.39 is 0 Å². The van der Waals surface area contributed by atoms with Gasteiger partial charge in [-0.15, -0.1) is 0 Å². The first-order chi connectivity index (χ1) is 10.2. The van der Waals surface area contributed by atoms with Gasteiger partial charge >= 0.3 is 0 Å². The Kier molecular flexibility index (Phi) is 6.65. The summed E-state index contributed by atoms with van der Waals surface area (Å²) in [6.45, 7) is 16.0. The Labute approximate surface area is 138 Å². The highest BCUT2D eigenvalue weighted by Gasteiger charge is 2.31. The van der Waals surface area contributed by atoms with Crippen LogP contribution < -0.4 is 0 Å². The number of nitrogens with zero attached hydrogens (tertiary/aromatic N) is 1. The molecule has 0 atom stereocenters. The minimum absolute atomic E-state index is 0.360. The van der Waals surface area contributed by atoms with E-state index in [9.17, 15) is 0 Å². The van der Waals surface area contributed by atoms with Crippen molar-refractivity contribution < 1.29 is 0 Å². The summed E-state index contributed by atoms with van der Waals surface area (Å²) in [5, 5.41) is 0. The van der Waals surface area contributed by atoms with Gasteiger partial charge in [0.05, 0.1) is 0 Å². The van der Waals surface area contributed by atoms with Crippen molar-refractivity contribution >= 4 is 12.9 Å². The zero-order valence-electron chi connectivity index (χ0n) is 15.5. The molecular formula is C20H32BN. The first-order valence-corrected chi connectivity index (χ1v) is 8.43. The zero-order valence-corrected chi connectivity index (χ0v) is 15.5. The molecule has 0 amide bonds. The average molecular weight is 297 g/mol. The number of allylic oxidation sites excluding steroid dienone is 4. The molecule has 1 nitrogen and oxygen atoms in total. The maximum atomic E-state index is 4.17. The zero-order chi connectivity index (χ0) is 16.8. The van der Waals surface area contributed by atoms with Gasteiger partial charge in [-0.25, -0.2) is 0 Å². The SMILES string of the molecule is C/C=C(\C=C/CBCC(C)(C)C(C)(C)C)c1ccncc1C. The van der Waals surface area contributed by atoms with Crippen LogP contribution in [0, 0.1) is 17.8 Å². The largest absolute Gasteiger partial charge is 0.264 e. The van der Waals surface area contributed by atoms with Gasteiger partial charge in [0.25, 0.3) is 0 Å². The Balaban J connectivity index is 2.58. The Morgan fingerprint density at radius 3 is 2.45 bits per heavy atom. The highest BCUT2D eigenvalue weighted by molar-refractivity contribution is 6.36. The van der Waals surface area contributed by atoms with Gasteiger partial charge in [0.2, 0.25) is 0 Å². The molecule has 1 rings (SSSR count). The smallest absolute Gasteiger partial charge is 0.125 e. The van der Waals surface area contributed by atoms with Crippen LogP contribution in [-0.2, 0) is 0 Å². The van der Waals surface area contributed by atoms with E-state index in [0.717, 1.165) is 6.32 Å². The van der Waals surface area contributed by atoms with E-state index >= 15 is 0 Å². The Hall–Kier alpha value is -1.31. The quantitative estimate of drug-likeness (QED) is 0.373. The monoisotopic (exact) mass is 297 g/mol. The van der Waals surface area contributed by atoms with Crippen LogP contribution in [0.25, 0.3) is 5.57 Å². The number of rotatable bonds is 6. The lowest BCUT2D eigenvalue weighted by Crippen LogP contribution is -2.30. The predicted molar refractivity (Wildman–Crippen MR) is 102 cm³/mol. The molecule has 0 unspecified atom stereocenters. The molecule has 22 heavy (non-hydrogen) atoms. The molecular weight excluding hydrogens is 265 g/mol. The van der Waals surface area contributed by atoms with Gasteiger partial charge in [-0.2, -0.15) is 0 Å². The fourth-order valence-corrected chi connectivity index (χ4v) is 2.39. The fraction of sp³-hybridized carbons (Fsp3) is 0.550. The lowest BCUT2D eigenvalue weighted by molar-refractivity contribution is 0.156. The van der Waals surface area contributed by atoms with Crippen molar-refractivity contribution in [1.29, 1.82) is 0 Å². The van der Waals surface area contributed by atoms with Gasteiger partial charge in [-0.05, 0) is 47.4 Å². The summed E-state index contributed by atoms with van der Waals surface area (Å²) in [6.07, 6.45) is 12.9. The van der Waals surface area contributed by atoms with Crippen molar-refractivity contribution in [2.75, 3.05) is 0 Å². The van der Waals surface area contributed by atoms with E-state index in [-0.39, 0.29) is 0 Å². The number of hydrogen-bond donors (Lipinski definition) is 0. The van der Waals surface area contributed by atoms with Gasteiger partial charge in [-0.3, -0.25) is 4.98 Å². The van der Waals surface area contributed by atoms with E-state index in [2.05, 4.69) is 77.7 Å². The molecule has 0 saturated heterocycles. The summed E-state index contributed by atoms with van der Waals surface area (Å²) >= 11 is 0. The van der Waals surface area contributed by atoms with Gasteiger partial charge < -0.3 is 0 Å². The van der Waals surface area contributed by atoms with Crippen LogP contribution in [0.5, 0.6) is 0 Å². The molecule has 0 spiro atoms. The number of pyridine rings is 1. The van der Waals surface area contributed by atoms with E-state index in [4.69, 9.17) is 0 Å². The molecule has 0 bridgehead atoms. The standard InChI is InChI=1S/C20H32BN/c1-8-17(18-11-13-22-14-16(18)2)10-9-12-21-15-20(6,7)19(3,4)5/h8-11,13-14,21H,12,15H2,1-7H3/b10-9-,17-8+. The van der Waals surface area contributed by atoms with E-state index in [0.29, 0.717) is 10.8 Å². The Bertz CT molecular complexity index is 533. The molecule has 1 aromatic rings. The number of aryl methyl sites for hydroxylation is 1. The van der Waals surface area contributed by atoms with Gasteiger partial charge in [-0.1, -0.05) is 65.5 Å². The van der Waals surface area contributed by atoms with Crippen molar-refractivity contribution in [3.8, 4) is 0 Å². The van der Waals surface area contributed by atoms with Crippen LogP contribution in [0.15, 0.2) is 36.7 Å². The molecule has 0 aromatic carbocycles. The van der Waals surface area contributed by atoms with Crippen molar-refractivity contribution in [2.24, 2.45) is 10.8 Å². The lowest BCUT2D eigenvalue weighted by Gasteiger charge is -2.39. The molecule has 0 N–H and O–H groups in total. The van der Waals surface area contributed by atoms with Gasteiger partial charge in [0.1, 0.15) is 7.28 Å². The molecule has 0 saturated carbocycles. The van der Waals surface area contributed by atoms with Crippen LogP contribution in [0.3, 0.4) is 0 Å². The van der Waals surface area contributed by atoms with E-state index in [1.54, 1.807) is 0 Å². The molecule has 0 radical (unpaired) electrons. The second-order valence-electron chi connectivity index (χ2n) is 7.86. The van der Waals surface area contributed by atoms with Gasteiger partial charge in [0, 0.05) is 12.4 Å². The highest BCUT2D eigenvalue weighted by atomic mass is 14.6. The van der Waals surface area contributed by atoms with Gasteiger partial charge in [0.15, 0.2) is 0 Å². The van der Waals surface area contributed by atoms with Crippen LogP contribution in [0.1, 0.15) is 52.7 Å². The lowest BCUT2D eigenvalue weighted by atomic mass is 9.55. The van der Waals surface area contributed by atoms with Crippen LogP contribution in [0.2, 0.25) is 12.6 Å². The summed E-state index contributed by atoms with van der Waals surface area (Å²) in [4.78, 5) is 4.17. The van der Waals surface area contributed by atoms with Crippen LogP contribution in [-0.4, -0.2) is 12.3 Å². The highest BCUT2D eigenvalue weighted by Crippen LogP contribution is 2.41. The van der Waals surface area contributed by atoms with Crippen molar-refractivity contribution in [2.45, 2.75) is 61.1 Å². The maximum Gasteiger partial charge on any atom is 0.125 e. The van der Waals surface area contributed by atoms with Crippen LogP contribution >= 0.6 is 0 Å². The van der Waals surface area contributed by atoms with E-state index in [1.165, 1.54) is 30.3 Å². The summed E-state index contributed by atoms with van der Waals surface area (Å²) < 4.78 is 0. The molecule has 1 aromatic heterocycles. The molecule has 120 valence electrons. The summed E-state index contributed by atoms with van der Waals surface area (Å²) in [7, 11) is 1.24. The first-order valence-electron chi connectivity index (χ1n) is 8.43. The first kappa shape index (κ1) is 18.7. The molecule has 2 heteroatoms. The molecule has 0 aliphatic heterocycles. The summed E-state index contributed by atoms with van der Waals surface area (Å²) in [5.74, 6) is 0. The third-order valence-corrected chi connectivity index (χ3v) is 5.14. The fourth-order valence-electron chi connectivity index (χ4n) is 2.39. The van der Waals surface area contributed by atoms with Crippen LogP contribution in [0.4, 0.5) is 0 Å². The normalized spacial score (nSPS) is 13.7. The molecule has 0 aliphatic rings. The van der Waals surface area contributed by atoms with Crippen molar-refractivity contribution in [1.82, 2.24) is 4.98 Å². The third kappa shape index (κ3) is 5.16. The predicted octanol–water partition coefficient (Wildman–Crippen LogP) is 5.69. The summed E-state index contributed by atoms with van der Waals surface area (Å²) in [5.41, 5.74) is 4.54. The van der Waals surface area contributed by atoms with Crippen molar-refractivity contribution in [3.63, 3.8) is 0 Å². The maximum absolute atomic E-state index is 4.17. The second-order valence-corrected chi connectivity index (χ2v) is 7.86. The molecule has 1 heterocycles. The third-order valence-electron chi connectivity index (χ3n) is 5.14. The second kappa shape index (κ2) is 7.81. The number of hydrogen-bond acceptors (Lipinski definition) is 1. The summed E-state index contributed by atoms with van der Waals surface area (Å²) in [6, 6.07) is 2.09. The Morgan fingerprint density at radius 1 is 1.23 bits per heavy atom. The Morgan fingerprint density at radius 2 is 1.91 bits per heavy atom. The minimum Gasteiger partial charge on any atom is -0.264 e. The number of aromatic nitrogens is 1. The molecule has 0 fully saturated rings.